The summed E-state index contributed by atoms with van der Waals surface area (Å²) in [5.41, 5.74) is 0. The first-order valence-corrected chi connectivity index (χ1v) is 8.98. The smallest absolute Gasteiger partial charge is 0.246 e. The number of carbonyl (C=O) groups excluding carboxylic acids is 2. The van der Waals surface area contributed by atoms with Crippen molar-refractivity contribution in [1.82, 2.24) is 20.0 Å². The van der Waals surface area contributed by atoms with Gasteiger partial charge in [0.15, 0.2) is 0 Å². The molecule has 2 aliphatic heterocycles. The highest BCUT2D eigenvalue weighted by atomic mass is 32.2. The minimum atomic E-state index is -0.290. The van der Waals surface area contributed by atoms with Crippen LogP contribution in [0.3, 0.4) is 0 Å². The average Bonchev–Trinajstić information content (AvgIpc) is 3.06. The third-order valence-corrected chi connectivity index (χ3v) is 5.31. The minimum absolute atomic E-state index is 0.0208. The molecule has 3 rings (SSSR count). The van der Waals surface area contributed by atoms with E-state index in [1.54, 1.807) is 22.9 Å². The van der Waals surface area contributed by atoms with Crippen molar-refractivity contribution in [3.63, 3.8) is 0 Å². The predicted octanol–water partition coefficient (Wildman–Crippen LogP) is 0.801. The van der Waals surface area contributed by atoms with Gasteiger partial charge in [0.1, 0.15) is 11.9 Å². The summed E-state index contributed by atoms with van der Waals surface area (Å²) in [6, 6.07) is 3.76. The van der Waals surface area contributed by atoms with Gasteiger partial charge in [-0.15, -0.1) is 16.9 Å². The molecule has 0 bridgehead atoms. The molecule has 2 saturated heterocycles. The molecule has 1 aromatic heterocycles. The normalized spacial score (nSPS) is 22.2. The molecule has 2 amide bonds. The first-order chi connectivity index (χ1) is 11.1. The molecule has 0 unspecified atom stereocenters. The summed E-state index contributed by atoms with van der Waals surface area (Å²) in [6.07, 6.45) is 3.40. The predicted molar refractivity (Wildman–Crippen MR) is 88.9 cm³/mol. The monoisotopic (exact) mass is 335 g/mol. The van der Waals surface area contributed by atoms with Gasteiger partial charge in [-0.3, -0.25) is 9.59 Å². The lowest BCUT2D eigenvalue weighted by molar-refractivity contribution is -0.143. The number of piperidine rings is 1. The number of likely N-dealkylation sites (tertiary alicyclic amines) is 1. The van der Waals surface area contributed by atoms with Crippen LogP contribution in [-0.4, -0.2) is 68.6 Å². The van der Waals surface area contributed by atoms with Crippen LogP contribution in [0.25, 0.3) is 0 Å². The number of nitrogens with zero attached hydrogens (tertiary/aromatic N) is 4. The molecule has 3 heterocycles. The van der Waals surface area contributed by atoms with E-state index in [0.29, 0.717) is 30.8 Å². The molecule has 0 spiro atoms. The van der Waals surface area contributed by atoms with E-state index in [2.05, 4.69) is 15.5 Å². The molecular formula is C15H21N5O2S. The summed E-state index contributed by atoms with van der Waals surface area (Å²) in [4.78, 5) is 27.8. The van der Waals surface area contributed by atoms with E-state index in [4.69, 9.17) is 0 Å². The van der Waals surface area contributed by atoms with Crippen LogP contribution in [-0.2, 0) is 9.59 Å². The number of anilines is 1. The van der Waals surface area contributed by atoms with Crippen molar-refractivity contribution in [2.75, 3.05) is 30.0 Å². The number of rotatable bonds is 3. The number of carbonyl (C=O) groups is 2. The summed E-state index contributed by atoms with van der Waals surface area (Å²) < 4.78 is 0. The number of nitrogens with one attached hydrogen (secondary N) is 1. The van der Waals surface area contributed by atoms with Gasteiger partial charge in [-0.1, -0.05) is 0 Å². The first-order valence-electron chi connectivity index (χ1n) is 7.83. The Morgan fingerprint density at radius 1 is 1.35 bits per heavy atom. The van der Waals surface area contributed by atoms with Gasteiger partial charge in [0.05, 0.1) is 5.88 Å². The van der Waals surface area contributed by atoms with Gasteiger partial charge in [-0.05, 0) is 25.0 Å². The van der Waals surface area contributed by atoms with E-state index >= 15 is 0 Å². The van der Waals surface area contributed by atoms with Crippen LogP contribution in [0.15, 0.2) is 18.3 Å². The fourth-order valence-electron chi connectivity index (χ4n) is 3.00. The van der Waals surface area contributed by atoms with E-state index in [9.17, 15) is 9.59 Å². The lowest BCUT2D eigenvalue weighted by Crippen LogP contribution is -2.51. The van der Waals surface area contributed by atoms with E-state index in [1.165, 1.54) is 6.92 Å². The molecule has 0 aliphatic carbocycles. The summed E-state index contributed by atoms with van der Waals surface area (Å²) in [5, 5.41) is 11.2. The molecule has 124 valence electrons. The van der Waals surface area contributed by atoms with Crippen LogP contribution in [0.4, 0.5) is 5.82 Å². The lowest BCUT2D eigenvalue weighted by atomic mass is 10.0. The van der Waals surface area contributed by atoms with Crippen LogP contribution in [0, 0.1) is 0 Å². The fraction of sp³-hybridized carbons (Fsp3) is 0.600. The molecule has 0 aromatic carbocycles. The van der Waals surface area contributed by atoms with Crippen molar-refractivity contribution in [3.8, 4) is 0 Å². The highest BCUT2D eigenvalue weighted by Gasteiger charge is 2.36. The highest BCUT2D eigenvalue weighted by Crippen LogP contribution is 2.24. The number of hydrogen-bond donors (Lipinski definition) is 1. The Kier molecular flexibility index (Phi) is 5.00. The maximum absolute atomic E-state index is 12.7. The molecular weight excluding hydrogens is 314 g/mol. The SMILES string of the molecule is CC(=O)N1CSC[C@H]1C(=O)N1CCC(Nc2cccnn2)CC1. The van der Waals surface area contributed by atoms with Crippen molar-refractivity contribution in [3.05, 3.63) is 18.3 Å². The molecule has 1 atom stereocenters. The second kappa shape index (κ2) is 7.16. The largest absolute Gasteiger partial charge is 0.366 e. The summed E-state index contributed by atoms with van der Waals surface area (Å²) in [5.74, 6) is 2.16. The molecule has 0 saturated carbocycles. The molecule has 1 N–H and O–H groups in total. The van der Waals surface area contributed by atoms with Crippen LogP contribution in [0.1, 0.15) is 19.8 Å². The third kappa shape index (κ3) is 3.74. The second-order valence-electron chi connectivity index (χ2n) is 5.86. The van der Waals surface area contributed by atoms with E-state index in [0.717, 1.165) is 18.7 Å². The second-order valence-corrected chi connectivity index (χ2v) is 6.86. The Morgan fingerprint density at radius 3 is 2.78 bits per heavy atom. The van der Waals surface area contributed by atoms with Crippen molar-refractivity contribution in [1.29, 1.82) is 0 Å². The zero-order chi connectivity index (χ0) is 16.2. The minimum Gasteiger partial charge on any atom is -0.366 e. The van der Waals surface area contributed by atoms with Crippen LogP contribution >= 0.6 is 11.8 Å². The third-order valence-electron chi connectivity index (χ3n) is 4.30. The standard InChI is InChI=1S/C15H21N5O2S/c1-11(21)20-10-23-9-13(20)15(22)19-7-4-12(5-8-19)17-14-3-2-6-16-18-14/h2-3,6,12-13H,4-5,7-10H2,1H3,(H,17,18)/t13-/m0/s1. The summed E-state index contributed by atoms with van der Waals surface area (Å²) in [7, 11) is 0. The van der Waals surface area contributed by atoms with Crippen molar-refractivity contribution in [2.45, 2.75) is 31.8 Å². The average molecular weight is 335 g/mol. The van der Waals surface area contributed by atoms with Gasteiger partial charge < -0.3 is 15.1 Å². The number of amides is 2. The van der Waals surface area contributed by atoms with E-state index in [1.807, 2.05) is 17.0 Å². The van der Waals surface area contributed by atoms with Gasteiger partial charge in [-0.25, -0.2) is 0 Å². The lowest BCUT2D eigenvalue weighted by Gasteiger charge is -2.35. The van der Waals surface area contributed by atoms with Crippen molar-refractivity contribution in [2.24, 2.45) is 0 Å². The Bertz CT molecular complexity index is 562. The Labute approximate surface area is 139 Å². The van der Waals surface area contributed by atoms with Gasteiger partial charge in [0.25, 0.3) is 0 Å². The van der Waals surface area contributed by atoms with E-state index < -0.39 is 0 Å². The number of aromatic nitrogens is 2. The molecule has 7 nitrogen and oxygen atoms in total. The highest BCUT2D eigenvalue weighted by molar-refractivity contribution is 7.99. The zero-order valence-electron chi connectivity index (χ0n) is 13.1. The number of thioether (sulfide) groups is 1. The Morgan fingerprint density at radius 2 is 2.13 bits per heavy atom. The van der Waals surface area contributed by atoms with Crippen molar-refractivity contribution < 1.29 is 9.59 Å². The van der Waals surface area contributed by atoms with Crippen LogP contribution in [0.5, 0.6) is 0 Å². The van der Waals surface area contributed by atoms with Crippen LogP contribution in [0.2, 0.25) is 0 Å². The van der Waals surface area contributed by atoms with Crippen LogP contribution < -0.4 is 5.32 Å². The molecule has 0 radical (unpaired) electrons. The van der Waals surface area contributed by atoms with Gasteiger partial charge in [0.2, 0.25) is 11.8 Å². The Balaban J connectivity index is 1.52. The number of hydrogen-bond acceptors (Lipinski definition) is 6. The molecule has 8 heteroatoms. The maximum Gasteiger partial charge on any atom is 0.246 e. The topological polar surface area (TPSA) is 78.4 Å². The summed E-state index contributed by atoms with van der Waals surface area (Å²) >= 11 is 1.64. The Hall–Kier alpha value is -1.83. The maximum atomic E-state index is 12.7. The molecule has 2 fully saturated rings. The molecule has 2 aliphatic rings. The summed E-state index contributed by atoms with van der Waals surface area (Å²) in [6.45, 7) is 2.95. The van der Waals surface area contributed by atoms with Gasteiger partial charge >= 0.3 is 0 Å². The fourth-order valence-corrected chi connectivity index (χ4v) is 4.21. The van der Waals surface area contributed by atoms with Gasteiger partial charge in [-0.2, -0.15) is 5.10 Å². The quantitative estimate of drug-likeness (QED) is 0.880. The molecule has 23 heavy (non-hydrogen) atoms. The van der Waals surface area contributed by atoms with Crippen molar-refractivity contribution >= 4 is 29.4 Å². The first kappa shape index (κ1) is 16.0. The van der Waals surface area contributed by atoms with E-state index in [-0.39, 0.29) is 17.9 Å². The zero-order valence-corrected chi connectivity index (χ0v) is 14.0. The molecule has 1 aromatic rings. The van der Waals surface area contributed by atoms with Gasteiger partial charge in [0, 0.05) is 38.0 Å².